The average molecular weight is 380 g/mol. The van der Waals surface area contributed by atoms with Gasteiger partial charge in [-0.05, 0) is 49.2 Å². The van der Waals surface area contributed by atoms with Crippen molar-refractivity contribution in [1.82, 2.24) is 10.3 Å². The quantitative estimate of drug-likeness (QED) is 0.829. The van der Waals surface area contributed by atoms with Gasteiger partial charge in [-0.1, -0.05) is 6.92 Å². The molecule has 0 aliphatic carbocycles. The third kappa shape index (κ3) is 3.10. The lowest BCUT2D eigenvalue weighted by molar-refractivity contribution is 0.130. The number of piperidine rings is 1. The number of ether oxygens (including phenoxy) is 2. The second kappa shape index (κ2) is 7.60. The van der Waals surface area contributed by atoms with Crippen molar-refractivity contribution in [2.45, 2.75) is 38.3 Å². The fourth-order valence-corrected chi connectivity index (χ4v) is 4.81. The number of anilines is 3. The van der Waals surface area contributed by atoms with Crippen molar-refractivity contribution in [3.63, 3.8) is 0 Å². The number of fused-ring (bicyclic) bond motifs is 3. The van der Waals surface area contributed by atoms with Gasteiger partial charge in [-0.3, -0.25) is 0 Å². The van der Waals surface area contributed by atoms with Crippen LogP contribution in [0.2, 0.25) is 0 Å². The SMILES string of the molecule is CCCOc1ncccc1Nc1cc2c3c(c1)[C@@H]1CNCC[C@@H]1N3CCOC2. The Balaban J connectivity index is 1.51. The van der Waals surface area contributed by atoms with Gasteiger partial charge in [0.05, 0.1) is 19.8 Å². The molecule has 0 bridgehead atoms. The van der Waals surface area contributed by atoms with Crippen LogP contribution in [0.1, 0.15) is 36.8 Å². The van der Waals surface area contributed by atoms with Crippen molar-refractivity contribution in [3.8, 4) is 5.88 Å². The first-order valence-corrected chi connectivity index (χ1v) is 10.4. The van der Waals surface area contributed by atoms with Crippen molar-refractivity contribution in [2.75, 3.05) is 43.1 Å². The fraction of sp³-hybridized carbons (Fsp3) is 0.500. The monoisotopic (exact) mass is 380 g/mol. The summed E-state index contributed by atoms with van der Waals surface area (Å²) in [7, 11) is 0. The standard InChI is InChI=1S/C22H28N4O2/c1-2-9-28-22-19(4-3-6-24-22)25-16-11-15-14-27-10-8-26-20-5-7-23-13-18(20)17(12-16)21(15)26/h3-4,6,11-12,18,20,23,25H,2,5,7-10,13-14H2,1H3/t18-,20-/m0/s1. The number of nitrogens with one attached hydrogen (secondary N) is 2. The molecule has 3 aliphatic rings. The van der Waals surface area contributed by atoms with E-state index < -0.39 is 0 Å². The van der Waals surface area contributed by atoms with Crippen molar-refractivity contribution >= 4 is 17.1 Å². The lowest BCUT2D eigenvalue weighted by Gasteiger charge is -2.33. The Hall–Kier alpha value is -2.31. The molecule has 0 radical (unpaired) electrons. The summed E-state index contributed by atoms with van der Waals surface area (Å²) in [5, 5.41) is 7.15. The Kier molecular flexibility index (Phi) is 4.82. The van der Waals surface area contributed by atoms with Crippen LogP contribution in [-0.2, 0) is 11.3 Å². The first kappa shape index (κ1) is 17.8. The Morgan fingerprint density at radius 2 is 2.36 bits per heavy atom. The van der Waals surface area contributed by atoms with Gasteiger partial charge in [0.25, 0.3) is 0 Å². The van der Waals surface area contributed by atoms with Gasteiger partial charge in [0.15, 0.2) is 0 Å². The minimum Gasteiger partial charge on any atom is -0.476 e. The smallest absolute Gasteiger partial charge is 0.237 e. The minimum atomic E-state index is 0.548. The number of hydrogen-bond donors (Lipinski definition) is 2. The van der Waals surface area contributed by atoms with Crippen molar-refractivity contribution in [2.24, 2.45) is 0 Å². The van der Waals surface area contributed by atoms with E-state index in [1.165, 1.54) is 23.2 Å². The van der Waals surface area contributed by atoms with Crippen molar-refractivity contribution < 1.29 is 9.47 Å². The molecule has 2 aromatic rings. The largest absolute Gasteiger partial charge is 0.476 e. The molecule has 2 atom stereocenters. The van der Waals surface area contributed by atoms with E-state index in [0.29, 0.717) is 31.1 Å². The summed E-state index contributed by atoms with van der Waals surface area (Å²) in [6, 6.07) is 9.12. The summed E-state index contributed by atoms with van der Waals surface area (Å²) in [4.78, 5) is 7.01. The van der Waals surface area contributed by atoms with Gasteiger partial charge in [-0.2, -0.15) is 0 Å². The lowest BCUT2D eigenvalue weighted by Crippen LogP contribution is -2.44. The van der Waals surface area contributed by atoms with E-state index in [1.807, 2.05) is 12.1 Å². The van der Waals surface area contributed by atoms with E-state index in [-0.39, 0.29) is 0 Å². The van der Waals surface area contributed by atoms with E-state index in [9.17, 15) is 0 Å². The van der Waals surface area contributed by atoms with E-state index >= 15 is 0 Å². The van der Waals surface area contributed by atoms with E-state index in [4.69, 9.17) is 9.47 Å². The second-order valence-corrected chi connectivity index (χ2v) is 7.82. The average Bonchev–Trinajstić information content (AvgIpc) is 2.89. The molecule has 0 saturated carbocycles. The van der Waals surface area contributed by atoms with Gasteiger partial charge >= 0.3 is 0 Å². The molecule has 4 heterocycles. The zero-order valence-corrected chi connectivity index (χ0v) is 16.4. The molecule has 3 aliphatic heterocycles. The summed E-state index contributed by atoms with van der Waals surface area (Å²) in [6.07, 6.45) is 3.93. The van der Waals surface area contributed by atoms with Crippen LogP contribution in [-0.4, -0.2) is 43.9 Å². The van der Waals surface area contributed by atoms with Crippen LogP contribution >= 0.6 is 0 Å². The maximum absolute atomic E-state index is 5.92. The summed E-state index contributed by atoms with van der Waals surface area (Å²) < 4.78 is 11.7. The summed E-state index contributed by atoms with van der Waals surface area (Å²) in [5.74, 6) is 1.21. The third-order valence-electron chi connectivity index (χ3n) is 5.98. The molecule has 28 heavy (non-hydrogen) atoms. The van der Waals surface area contributed by atoms with Gasteiger partial charge in [-0.15, -0.1) is 0 Å². The highest BCUT2D eigenvalue weighted by molar-refractivity contribution is 5.75. The summed E-state index contributed by atoms with van der Waals surface area (Å²) in [6.45, 7) is 7.38. The topological polar surface area (TPSA) is 58.7 Å². The van der Waals surface area contributed by atoms with Crippen LogP contribution in [0.15, 0.2) is 30.5 Å². The maximum atomic E-state index is 5.92. The number of hydrogen-bond acceptors (Lipinski definition) is 6. The molecule has 5 rings (SSSR count). The van der Waals surface area contributed by atoms with Gasteiger partial charge in [0, 0.05) is 48.2 Å². The molecule has 0 spiro atoms. The Morgan fingerprint density at radius 1 is 1.39 bits per heavy atom. The Bertz CT molecular complexity index is 856. The Morgan fingerprint density at radius 3 is 3.29 bits per heavy atom. The van der Waals surface area contributed by atoms with E-state index in [2.05, 4.69) is 39.6 Å². The highest BCUT2D eigenvalue weighted by Gasteiger charge is 2.41. The molecule has 0 amide bonds. The van der Waals surface area contributed by atoms with E-state index in [1.54, 1.807) is 6.20 Å². The van der Waals surface area contributed by atoms with Crippen LogP contribution in [0.5, 0.6) is 5.88 Å². The van der Waals surface area contributed by atoms with Gasteiger partial charge in [-0.25, -0.2) is 4.98 Å². The highest BCUT2D eigenvalue weighted by atomic mass is 16.5. The molecule has 148 valence electrons. The molecular formula is C22H28N4O2. The van der Waals surface area contributed by atoms with E-state index in [0.717, 1.165) is 44.0 Å². The van der Waals surface area contributed by atoms with Gasteiger partial charge < -0.3 is 25.0 Å². The van der Waals surface area contributed by atoms with Crippen LogP contribution < -0.4 is 20.3 Å². The third-order valence-corrected chi connectivity index (χ3v) is 5.98. The molecule has 1 aromatic heterocycles. The number of pyridine rings is 1. The molecule has 1 fully saturated rings. The molecule has 6 nitrogen and oxygen atoms in total. The fourth-order valence-electron chi connectivity index (χ4n) is 4.81. The van der Waals surface area contributed by atoms with Gasteiger partial charge in [0.2, 0.25) is 5.88 Å². The molecule has 1 aromatic carbocycles. The number of nitrogens with zero attached hydrogens (tertiary/aromatic N) is 2. The highest BCUT2D eigenvalue weighted by Crippen LogP contribution is 2.47. The Labute approximate surface area is 166 Å². The zero-order valence-electron chi connectivity index (χ0n) is 16.4. The molecule has 0 unspecified atom stereocenters. The molecular weight excluding hydrogens is 352 g/mol. The van der Waals surface area contributed by atoms with Gasteiger partial charge in [0.1, 0.15) is 5.69 Å². The van der Waals surface area contributed by atoms with Crippen molar-refractivity contribution in [3.05, 3.63) is 41.6 Å². The van der Waals surface area contributed by atoms with Crippen molar-refractivity contribution in [1.29, 1.82) is 0 Å². The first-order valence-electron chi connectivity index (χ1n) is 10.4. The minimum absolute atomic E-state index is 0.548. The van der Waals surface area contributed by atoms with Crippen LogP contribution in [0.3, 0.4) is 0 Å². The lowest BCUT2D eigenvalue weighted by atomic mass is 9.89. The number of benzene rings is 1. The predicted octanol–water partition coefficient (Wildman–Crippen LogP) is 3.41. The van der Waals surface area contributed by atoms with Crippen LogP contribution in [0, 0.1) is 0 Å². The predicted molar refractivity (Wildman–Crippen MR) is 111 cm³/mol. The number of rotatable bonds is 5. The zero-order chi connectivity index (χ0) is 18.9. The maximum Gasteiger partial charge on any atom is 0.237 e. The summed E-state index contributed by atoms with van der Waals surface area (Å²) >= 11 is 0. The first-order chi connectivity index (χ1) is 13.8. The normalized spacial score (nSPS) is 23.0. The molecule has 2 N–H and O–H groups in total. The number of aromatic nitrogens is 1. The van der Waals surface area contributed by atoms with Crippen LogP contribution in [0.25, 0.3) is 0 Å². The summed E-state index contributed by atoms with van der Waals surface area (Å²) in [5.41, 5.74) is 6.13. The van der Waals surface area contributed by atoms with Crippen LogP contribution in [0.4, 0.5) is 17.1 Å². The second-order valence-electron chi connectivity index (χ2n) is 7.82. The molecule has 6 heteroatoms. The molecule has 1 saturated heterocycles.